The molecule has 0 amide bonds. The number of hydrogen-bond donors (Lipinski definition) is 0. The molecule has 0 aromatic rings. The minimum absolute atomic E-state index is 0. The molecular formula is C7H21Zr2-4. The van der Waals surface area contributed by atoms with E-state index in [2.05, 4.69) is 0 Å². The van der Waals surface area contributed by atoms with Gasteiger partial charge in [-0.05, 0) is 0 Å². The van der Waals surface area contributed by atoms with E-state index in [1.807, 2.05) is 0 Å². The molecule has 1 radical (unpaired) electrons. The van der Waals surface area contributed by atoms with E-state index in [1.54, 1.807) is 0 Å². The Labute approximate surface area is 103 Å². The van der Waals surface area contributed by atoms with Crippen molar-refractivity contribution in [1.82, 2.24) is 0 Å². The molecule has 0 aliphatic heterocycles. The Kier molecular flexibility index (Phi) is 8800. The average molecular weight is 288 g/mol. The Morgan fingerprint density at radius 1 is 0.333 bits per heavy atom. The molecule has 0 aromatic carbocycles. The molecule has 0 saturated carbocycles. The zero-order valence-corrected chi connectivity index (χ0v) is 12.9. The fourth-order valence-electron chi connectivity index (χ4n) is 0. The molecule has 0 spiro atoms. The monoisotopic (exact) mass is 285 g/mol. The van der Waals surface area contributed by atoms with Crippen LogP contribution in [-0.2, 0) is 52.4 Å². The van der Waals surface area contributed by atoms with Crippen LogP contribution in [0.5, 0.6) is 0 Å². The van der Waals surface area contributed by atoms with Crippen LogP contribution in [0.3, 0.4) is 0 Å². The smallest absolute Gasteiger partial charge is 0.358 e. The van der Waals surface area contributed by atoms with Gasteiger partial charge in [0.05, 0.1) is 0 Å². The normalized spacial score (nSPS) is 0. The molecule has 0 aliphatic carbocycles. The van der Waals surface area contributed by atoms with Crippen LogP contribution in [0.4, 0.5) is 0 Å². The van der Waals surface area contributed by atoms with Crippen LogP contribution < -0.4 is 0 Å². The summed E-state index contributed by atoms with van der Waals surface area (Å²) in [7, 11) is 0. The number of rotatable bonds is 0. The molecule has 0 rings (SSSR count). The maximum atomic E-state index is 0. The van der Waals surface area contributed by atoms with E-state index in [-0.39, 0.29) is 104 Å². The summed E-state index contributed by atoms with van der Waals surface area (Å²) < 4.78 is 0. The van der Waals surface area contributed by atoms with Gasteiger partial charge in [-0.15, -0.1) is 0 Å². The van der Waals surface area contributed by atoms with Crippen LogP contribution in [0.1, 0.15) is 0 Å². The first-order valence-electron chi connectivity index (χ1n) is 0. The van der Waals surface area contributed by atoms with E-state index in [9.17, 15) is 0 Å². The zero-order chi connectivity index (χ0) is 0. The van der Waals surface area contributed by atoms with Gasteiger partial charge < -0.3 is 52.0 Å². The summed E-state index contributed by atoms with van der Waals surface area (Å²) in [4.78, 5) is 0. The minimum Gasteiger partial charge on any atom is -0.358 e. The van der Waals surface area contributed by atoms with Gasteiger partial charge in [0.25, 0.3) is 0 Å². The minimum atomic E-state index is 0. The van der Waals surface area contributed by atoms with Gasteiger partial charge in [0, 0.05) is 26.2 Å². The van der Waals surface area contributed by atoms with Gasteiger partial charge in [-0.3, -0.25) is 0 Å². The molecular weight excluding hydrogens is 267 g/mol. The standard InChI is InChI=1S/7CH3.2Zr/h7*1H3;;/q7*-1;;+3. The first-order valence-corrected chi connectivity index (χ1v) is 0. The Morgan fingerprint density at radius 3 is 0.333 bits per heavy atom. The van der Waals surface area contributed by atoms with Crippen molar-refractivity contribution in [2.24, 2.45) is 0 Å². The molecule has 0 saturated heterocycles. The van der Waals surface area contributed by atoms with Crippen LogP contribution in [0.2, 0.25) is 0 Å². The Hall–Kier alpha value is 1.77. The molecule has 9 heavy (non-hydrogen) atoms. The van der Waals surface area contributed by atoms with Crippen LogP contribution in [0, 0.1) is 52.0 Å². The molecule has 61 valence electrons. The fourth-order valence-corrected chi connectivity index (χ4v) is 0. The van der Waals surface area contributed by atoms with E-state index < -0.39 is 0 Å². The largest absolute Gasteiger partial charge is 3.00 e. The van der Waals surface area contributed by atoms with Crippen LogP contribution in [0.15, 0.2) is 0 Å². The number of hydrogen-bond acceptors (Lipinski definition) is 0. The predicted octanol–water partition coefficient (Wildman–Crippen LogP) is 3.15. The molecule has 0 N–H and O–H groups in total. The first-order chi connectivity index (χ1) is 0. The van der Waals surface area contributed by atoms with Crippen molar-refractivity contribution in [3.8, 4) is 0 Å². The third-order valence-corrected chi connectivity index (χ3v) is 0. The van der Waals surface area contributed by atoms with Gasteiger partial charge in [-0.1, -0.05) is 0 Å². The molecule has 0 aliphatic rings. The Bertz CT molecular complexity index is 6.88. The van der Waals surface area contributed by atoms with E-state index in [0.29, 0.717) is 0 Å². The summed E-state index contributed by atoms with van der Waals surface area (Å²) in [6.07, 6.45) is 0. The quantitative estimate of drug-likeness (QED) is 0.601. The van der Waals surface area contributed by atoms with E-state index in [0.717, 1.165) is 0 Å². The van der Waals surface area contributed by atoms with Crippen LogP contribution in [-0.4, -0.2) is 0 Å². The van der Waals surface area contributed by atoms with E-state index in [4.69, 9.17) is 0 Å². The second kappa shape index (κ2) is 241. The molecule has 0 aromatic heterocycles. The second-order valence-electron chi connectivity index (χ2n) is 0. The van der Waals surface area contributed by atoms with E-state index in [1.165, 1.54) is 0 Å². The third kappa shape index (κ3) is 189. The molecule has 0 unspecified atom stereocenters. The summed E-state index contributed by atoms with van der Waals surface area (Å²) in [6.45, 7) is 0. The maximum Gasteiger partial charge on any atom is 3.00 e. The van der Waals surface area contributed by atoms with Crippen molar-refractivity contribution in [3.63, 3.8) is 0 Å². The molecule has 0 atom stereocenters. The van der Waals surface area contributed by atoms with Crippen LogP contribution in [0.25, 0.3) is 0 Å². The second-order valence-corrected chi connectivity index (χ2v) is 0. The summed E-state index contributed by atoms with van der Waals surface area (Å²) in [5, 5.41) is 0. The Morgan fingerprint density at radius 2 is 0.333 bits per heavy atom. The SMILES string of the molecule is [CH3-].[CH3-].[CH3-].[CH3-].[CH3-].[CH3-].[CH3-].[Zr+3].[Zr]. The van der Waals surface area contributed by atoms with Gasteiger partial charge in [0.2, 0.25) is 0 Å². The van der Waals surface area contributed by atoms with Gasteiger partial charge in [0.15, 0.2) is 0 Å². The molecule has 0 bridgehead atoms. The van der Waals surface area contributed by atoms with Crippen molar-refractivity contribution in [2.75, 3.05) is 0 Å². The van der Waals surface area contributed by atoms with Gasteiger partial charge in [0.1, 0.15) is 0 Å². The molecule has 0 fully saturated rings. The van der Waals surface area contributed by atoms with Crippen molar-refractivity contribution in [3.05, 3.63) is 52.0 Å². The topological polar surface area (TPSA) is 0 Å². The molecule has 0 nitrogen and oxygen atoms in total. The Balaban J connectivity index is 0. The summed E-state index contributed by atoms with van der Waals surface area (Å²) >= 11 is 0. The van der Waals surface area contributed by atoms with Crippen molar-refractivity contribution in [2.45, 2.75) is 0 Å². The fraction of sp³-hybridized carbons (Fsp3) is 0. The maximum absolute atomic E-state index is 0. The first kappa shape index (κ1) is 329. The summed E-state index contributed by atoms with van der Waals surface area (Å²) in [6, 6.07) is 0. The molecule has 2 heteroatoms. The van der Waals surface area contributed by atoms with Gasteiger partial charge in [-0.2, -0.15) is 0 Å². The summed E-state index contributed by atoms with van der Waals surface area (Å²) in [5.74, 6) is 0. The van der Waals surface area contributed by atoms with Crippen LogP contribution >= 0.6 is 0 Å². The van der Waals surface area contributed by atoms with E-state index >= 15 is 0 Å². The van der Waals surface area contributed by atoms with Gasteiger partial charge >= 0.3 is 26.2 Å². The van der Waals surface area contributed by atoms with Crippen molar-refractivity contribution >= 4 is 0 Å². The predicted molar refractivity (Wildman–Crippen MR) is 44.9 cm³/mol. The van der Waals surface area contributed by atoms with Crippen molar-refractivity contribution in [1.29, 1.82) is 0 Å². The van der Waals surface area contributed by atoms with Crippen molar-refractivity contribution < 1.29 is 52.4 Å². The third-order valence-electron chi connectivity index (χ3n) is 0. The zero-order valence-electron chi connectivity index (χ0n) is 8.00. The van der Waals surface area contributed by atoms with Gasteiger partial charge in [-0.25, -0.2) is 0 Å². The molecule has 0 heterocycles. The average Bonchev–Trinajstić information content (AvgIpc) is 0. The summed E-state index contributed by atoms with van der Waals surface area (Å²) in [5.41, 5.74) is 0.